The molecule has 0 N–H and O–H groups in total. The molecule has 0 unspecified atom stereocenters. The third-order valence-electron chi connectivity index (χ3n) is 3.97. The van der Waals surface area contributed by atoms with Gasteiger partial charge >= 0.3 is 0 Å². The third kappa shape index (κ3) is 2.83. The van der Waals surface area contributed by atoms with Crippen LogP contribution in [-0.2, 0) is 4.79 Å². The molecule has 23 heavy (non-hydrogen) atoms. The molecule has 6 nitrogen and oxygen atoms in total. The highest BCUT2D eigenvalue weighted by Crippen LogP contribution is 2.30. The maximum absolute atomic E-state index is 12.6. The number of carbonyl (C=O) groups is 2. The van der Waals surface area contributed by atoms with Crippen molar-refractivity contribution in [1.82, 2.24) is 4.90 Å². The normalized spacial score (nSPS) is 17.3. The summed E-state index contributed by atoms with van der Waals surface area (Å²) in [4.78, 5) is 36.3. The van der Waals surface area contributed by atoms with E-state index in [1.165, 1.54) is 18.2 Å². The van der Waals surface area contributed by atoms with Gasteiger partial charge in [0.25, 0.3) is 11.6 Å². The van der Waals surface area contributed by atoms with Crippen molar-refractivity contribution in [1.29, 1.82) is 0 Å². The molecule has 3 rings (SSSR count). The second kappa shape index (κ2) is 6.00. The average Bonchev–Trinajstić information content (AvgIpc) is 2.97. The maximum atomic E-state index is 12.6. The minimum atomic E-state index is -0.610. The Balaban J connectivity index is 1.87. The number of amides is 2. The summed E-state index contributed by atoms with van der Waals surface area (Å²) in [5.74, 6) is -0.988. The Kier molecular flexibility index (Phi) is 3.89. The fraction of sp³-hybridized carbons (Fsp3) is 0.176. The molecule has 2 aromatic rings. The van der Waals surface area contributed by atoms with E-state index in [0.717, 1.165) is 10.5 Å². The summed E-state index contributed by atoms with van der Waals surface area (Å²) in [5, 5.41) is 11.1. The second-order valence-electron chi connectivity index (χ2n) is 5.40. The van der Waals surface area contributed by atoms with E-state index in [1.54, 1.807) is 6.07 Å². The second-order valence-corrected chi connectivity index (χ2v) is 5.40. The molecule has 0 aliphatic carbocycles. The molecule has 0 aromatic heterocycles. The summed E-state index contributed by atoms with van der Waals surface area (Å²) < 4.78 is 0. The van der Waals surface area contributed by atoms with Gasteiger partial charge in [0.1, 0.15) is 5.56 Å². The first-order chi connectivity index (χ1) is 11.1. The lowest BCUT2D eigenvalue weighted by Crippen LogP contribution is -2.32. The number of nitrogens with zero attached hydrogens (tertiary/aromatic N) is 2. The van der Waals surface area contributed by atoms with E-state index in [2.05, 4.69) is 0 Å². The minimum absolute atomic E-state index is 0.0560. The van der Waals surface area contributed by atoms with E-state index in [9.17, 15) is 19.7 Å². The van der Waals surface area contributed by atoms with Crippen LogP contribution in [0.4, 0.5) is 5.69 Å². The number of para-hydroxylation sites is 1. The van der Waals surface area contributed by atoms with Gasteiger partial charge in [0.2, 0.25) is 5.91 Å². The summed E-state index contributed by atoms with van der Waals surface area (Å²) >= 11 is 0. The van der Waals surface area contributed by atoms with Crippen LogP contribution < -0.4 is 0 Å². The number of carbonyl (C=O) groups excluding carboxylic acids is 2. The predicted molar refractivity (Wildman–Crippen MR) is 82.9 cm³/mol. The molecule has 116 valence electrons. The van der Waals surface area contributed by atoms with Gasteiger partial charge in [0, 0.05) is 24.9 Å². The molecule has 0 bridgehead atoms. The Bertz CT molecular complexity index is 773. The van der Waals surface area contributed by atoms with Gasteiger partial charge in [-0.25, -0.2) is 0 Å². The van der Waals surface area contributed by atoms with Crippen molar-refractivity contribution >= 4 is 17.5 Å². The zero-order valence-corrected chi connectivity index (χ0v) is 12.2. The zero-order valence-electron chi connectivity index (χ0n) is 12.2. The van der Waals surface area contributed by atoms with Crippen molar-refractivity contribution in [2.45, 2.75) is 12.3 Å². The Morgan fingerprint density at radius 2 is 1.74 bits per heavy atom. The van der Waals surface area contributed by atoms with Gasteiger partial charge in [-0.1, -0.05) is 42.5 Å². The summed E-state index contributed by atoms with van der Waals surface area (Å²) in [6, 6.07) is 15.2. The van der Waals surface area contributed by atoms with Crippen molar-refractivity contribution < 1.29 is 14.5 Å². The molecule has 1 aliphatic heterocycles. The molecule has 1 saturated heterocycles. The molecule has 1 fully saturated rings. The highest BCUT2D eigenvalue weighted by atomic mass is 16.6. The molecule has 1 atom stereocenters. The third-order valence-corrected chi connectivity index (χ3v) is 3.97. The van der Waals surface area contributed by atoms with Gasteiger partial charge < -0.3 is 0 Å². The van der Waals surface area contributed by atoms with Crippen LogP contribution >= 0.6 is 0 Å². The number of hydrogen-bond donors (Lipinski definition) is 0. The topological polar surface area (TPSA) is 80.5 Å². The lowest BCUT2D eigenvalue weighted by molar-refractivity contribution is -0.385. The Morgan fingerprint density at radius 3 is 2.43 bits per heavy atom. The van der Waals surface area contributed by atoms with Crippen LogP contribution in [0, 0.1) is 10.1 Å². The van der Waals surface area contributed by atoms with Gasteiger partial charge in [-0.3, -0.25) is 24.6 Å². The summed E-state index contributed by atoms with van der Waals surface area (Å²) in [7, 11) is 0. The van der Waals surface area contributed by atoms with Crippen LogP contribution in [0.2, 0.25) is 0 Å². The predicted octanol–water partition coefficient (Wildman–Crippen LogP) is 2.75. The number of nitro benzene ring substituents is 1. The molecule has 0 radical (unpaired) electrons. The maximum Gasteiger partial charge on any atom is 0.282 e. The van der Waals surface area contributed by atoms with Crippen molar-refractivity contribution in [2.24, 2.45) is 0 Å². The fourth-order valence-corrected chi connectivity index (χ4v) is 2.81. The van der Waals surface area contributed by atoms with Gasteiger partial charge in [0.15, 0.2) is 0 Å². The minimum Gasteiger partial charge on any atom is -0.278 e. The number of nitro groups is 1. The molecule has 0 saturated carbocycles. The smallest absolute Gasteiger partial charge is 0.278 e. The molecule has 2 amide bonds. The van der Waals surface area contributed by atoms with Gasteiger partial charge in [-0.05, 0) is 11.6 Å². The molecule has 0 spiro atoms. The SMILES string of the molecule is O=C1C[C@H](c2ccccc2)CN1C(=O)c1ccccc1[N+](=O)[O-]. The van der Waals surface area contributed by atoms with Crippen LogP contribution in [0.15, 0.2) is 54.6 Å². The summed E-state index contributed by atoms with van der Waals surface area (Å²) in [6.45, 7) is 0.244. The first-order valence-electron chi connectivity index (χ1n) is 7.21. The average molecular weight is 310 g/mol. The van der Waals surface area contributed by atoms with Crippen LogP contribution in [0.1, 0.15) is 28.3 Å². The van der Waals surface area contributed by atoms with Crippen molar-refractivity contribution in [2.75, 3.05) is 6.54 Å². The zero-order chi connectivity index (χ0) is 16.4. The number of likely N-dealkylation sites (tertiary alicyclic amines) is 1. The molecular formula is C17H14N2O4. The highest BCUT2D eigenvalue weighted by molar-refractivity contribution is 6.08. The quantitative estimate of drug-likeness (QED) is 0.496. The number of rotatable bonds is 3. The first-order valence-corrected chi connectivity index (χ1v) is 7.21. The molecule has 1 aliphatic rings. The molecule has 1 heterocycles. The fourth-order valence-electron chi connectivity index (χ4n) is 2.81. The lowest BCUT2D eigenvalue weighted by atomic mass is 9.98. The van der Waals surface area contributed by atoms with Crippen molar-refractivity contribution in [3.8, 4) is 0 Å². The van der Waals surface area contributed by atoms with E-state index in [0.29, 0.717) is 0 Å². The Labute approximate surface area is 132 Å². The number of imide groups is 1. The van der Waals surface area contributed by atoms with Gasteiger partial charge in [0.05, 0.1) is 4.92 Å². The Hall–Kier alpha value is -3.02. The van der Waals surface area contributed by atoms with Gasteiger partial charge in [-0.2, -0.15) is 0 Å². The van der Waals surface area contributed by atoms with Crippen LogP contribution in [0.25, 0.3) is 0 Å². The van der Waals surface area contributed by atoms with E-state index >= 15 is 0 Å². The van der Waals surface area contributed by atoms with Crippen LogP contribution in [0.3, 0.4) is 0 Å². The molecule has 6 heteroatoms. The van der Waals surface area contributed by atoms with E-state index in [4.69, 9.17) is 0 Å². The molecule has 2 aromatic carbocycles. The first kappa shape index (κ1) is 14.9. The number of benzene rings is 2. The monoisotopic (exact) mass is 310 g/mol. The number of hydrogen-bond acceptors (Lipinski definition) is 4. The standard InChI is InChI=1S/C17H14N2O4/c20-16-10-13(12-6-2-1-3-7-12)11-18(16)17(21)14-8-4-5-9-15(14)19(22)23/h1-9,13H,10-11H2/t13-/m0/s1. The van der Waals surface area contributed by atoms with E-state index in [1.807, 2.05) is 30.3 Å². The van der Waals surface area contributed by atoms with E-state index in [-0.39, 0.29) is 36.0 Å². The van der Waals surface area contributed by atoms with E-state index < -0.39 is 10.8 Å². The highest BCUT2D eigenvalue weighted by Gasteiger charge is 2.37. The largest absolute Gasteiger partial charge is 0.282 e. The van der Waals surface area contributed by atoms with Crippen LogP contribution in [0.5, 0.6) is 0 Å². The lowest BCUT2D eigenvalue weighted by Gasteiger charge is -2.15. The van der Waals surface area contributed by atoms with Gasteiger partial charge in [-0.15, -0.1) is 0 Å². The van der Waals surface area contributed by atoms with Crippen LogP contribution in [-0.4, -0.2) is 28.2 Å². The van der Waals surface area contributed by atoms with Crippen molar-refractivity contribution in [3.05, 3.63) is 75.8 Å². The van der Waals surface area contributed by atoms with Crippen molar-refractivity contribution in [3.63, 3.8) is 0 Å². The summed E-state index contributed by atoms with van der Waals surface area (Å²) in [6.07, 6.45) is 0.233. The Morgan fingerprint density at radius 1 is 1.09 bits per heavy atom. The summed E-state index contributed by atoms with van der Waals surface area (Å²) in [5.41, 5.74) is 0.645. The molecular weight excluding hydrogens is 296 g/mol.